The van der Waals surface area contributed by atoms with Crippen molar-refractivity contribution in [1.82, 2.24) is 20.0 Å². The van der Waals surface area contributed by atoms with Crippen LogP contribution in [0.25, 0.3) is 16.9 Å². The van der Waals surface area contributed by atoms with Gasteiger partial charge in [0.15, 0.2) is 5.69 Å². The molecular formula is C24H28Cl2N4O. The van der Waals surface area contributed by atoms with Gasteiger partial charge in [-0.25, -0.2) is 4.68 Å². The summed E-state index contributed by atoms with van der Waals surface area (Å²) in [6.45, 7) is 7.66. The van der Waals surface area contributed by atoms with Crippen molar-refractivity contribution >= 4 is 29.9 Å². The van der Waals surface area contributed by atoms with Crippen LogP contribution in [-0.4, -0.2) is 46.8 Å². The van der Waals surface area contributed by atoms with Crippen LogP contribution in [0.15, 0.2) is 48.5 Å². The number of nitrogens with one attached hydrogen (secondary N) is 1. The topological polar surface area (TPSA) is 50.2 Å². The van der Waals surface area contributed by atoms with Gasteiger partial charge in [0.05, 0.1) is 11.4 Å². The van der Waals surface area contributed by atoms with Crippen LogP contribution in [0.3, 0.4) is 0 Å². The molecule has 1 aliphatic carbocycles. The summed E-state index contributed by atoms with van der Waals surface area (Å²) in [7, 11) is 0. The Hall–Kier alpha value is -2.34. The van der Waals surface area contributed by atoms with Crippen molar-refractivity contribution in [2.45, 2.75) is 26.7 Å². The maximum atomic E-state index is 13.1. The minimum Gasteiger partial charge on any atom is -0.349 e. The van der Waals surface area contributed by atoms with Crippen LogP contribution in [0.4, 0.5) is 0 Å². The van der Waals surface area contributed by atoms with E-state index in [1.807, 2.05) is 53.2 Å². The quantitative estimate of drug-likeness (QED) is 0.553. The second-order valence-electron chi connectivity index (χ2n) is 7.51. The second-order valence-corrected chi connectivity index (χ2v) is 7.94. The fourth-order valence-electron chi connectivity index (χ4n) is 4.11. The van der Waals surface area contributed by atoms with Gasteiger partial charge in [-0.05, 0) is 55.8 Å². The molecule has 1 aromatic heterocycles. The molecule has 31 heavy (non-hydrogen) atoms. The lowest BCUT2D eigenvalue weighted by molar-refractivity contribution is 0.0942. The minimum atomic E-state index is -0.106. The molecule has 0 aliphatic heterocycles. The summed E-state index contributed by atoms with van der Waals surface area (Å²) in [6, 6.07) is 15.9. The predicted octanol–water partition coefficient (Wildman–Crippen LogP) is 4.78. The van der Waals surface area contributed by atoms with Crippen LogP contribution >= 0.6 is 24.0 Å². The van der Waals surface area contributed by atoms with Gasteiger partial charge in [-0.1, -0.05) is 49.7 Å². The van der Waals surface area contributed by atoms with E-state index in [1.54, 1.807) is 0 Å². The van der Waals surface area contributed by atoms with Crippen molar-refractivity contribution in [2.24, 2.45) is 0 Å². The zero-order chi connectivity index (χ0) is 21.1. The third-order valence-electron chi connectivity index (χ3n) is 5.77. The van der Waals surface area contributed by atoms with E-state index >= 15 is 0 Å². The number of aromatic nitrogens is 2. The first-order valence-corrected chi connectivity index (χ1v) is 11.0. The average molecular weight is 459 g/mol. The number of fused-ring (bicyclic) bond motifs is 3. The molecule has 1 amide bonds. The average Bonchev–Trinajstić information content (AvgIpc) is 3.17. The molecule has 164 valence electrons. The maximum absolute atomic E-state index is 13.1. The van der Waals surface area contributed by atoms with Crippen molar-refractivity contribution in [3.63, 3.8) is 0 Å². The van der Waals surface area contributed by atoms with Gasteiger partial charge < -0.3 is 10.2 Å². The normalized spacial score (nSPS) is 12.1. The number of benzene rings is 2. The number of aryl methyl sites for hydroxylation is 1. The van der Waals surface area contributed by atoms with E-state index in [0.29, 0.717) is 12.2 Å². The van der Waals surface area contributed by atoms with Gasteiger partial charge in [0.2, 0.25) is 0 Å². The molecule has 0 bridgehead atoms. The van der Waals surface area contributed by atoms with Gasteiger partial charge in [-0.15, -0.1) is 12.4 Å². The highest BCUT2D eigenvalue weighted by Gasteiger charge is 2.28. The Kier molecular flexibility index (Phi) is 7.76. The number of rotatable bonds is 7. The lowest BCUT2D eigenvalue weighted by Crippen LogP contribution is -2.35. The van der Waals surface area contributed by atoms with Gasteiger partial charge in [0.1, 0.15) is 0 Å². The monoisotopic (exact) mass is 458 g/mol. The molecule has 0 radical (unpaired) electrons. The summed E-state index contributed by atoms with van der Waals surface area (Å²) in [5, 5.41) is 8.58. The van der Waals surface area contributed by atoms with Crippen molar-refractivity contribution in [3.8, 4) is 16.9 Å². The van der Waals surface area contributed by atoms with E-state index in [0.717, 1.165) is 60.0 Å². The predicted molar refractivity (Wildman–Crippen MR) is 129 cm³/mol. The smallest absolute Gasteiger partial charge is 0.272 e. The standard InChI is InChI=1S/C24H27ClN4O.ClH/c1-3-28(4-2)15-14-26-24(30)22-21-12-10-17-16-18(25)11-13-20(17)23(21)29(27-22)19-8-6-5-7-9-19;/h5-9,11,13,16H,3-4,10,12,14-15H2,1-2H3,(H,26,30);1H. The fraction of sp³-hybridized carbons (Fsp3) is 0.333. The molecule has 0 atom stereocenters. The zero-order valence-electron chi connectivity index (χ0n) is 17.9. The Bertz CT molecular complexity index is 1050. The highest BCUT2D eigenvalue weighted by atomic mass is 35.5. The summed E-state index contributed by atoms with van der Waals surface area (Å²) in [5.41, 5.74) is 5.76. The van der Waals surface area contributed by atoms with E-state index in [9.17, 15) is 4.79 Å². The van der Waals surface area contributed by atoms with Crippen molar-refractivity contribution in [1.29, 1.82) is 0 Å². The van der Waals surface area contributed by atoms with Crippen LogP contribution in [-0.2, 0) is 12.8 Å². The molecule has 4 rings (SSSR count). The molecule has 0 saturated heterocycles. The number of hydrogen-bond acceptors (Lipinski definition) is 3. The third kappa shape index (κ3) is 4.79. The van der Waals surface area contributed by atoms with E-state index in [2.05, 4.69) is 24.1 Å². The van der Waals surface area contributed by atoms with Crippen LogP contribution in [0.1, 0.15) is 35.5 Å². The first-order valence-electron chi connectivity index (χ1n) is 10.6. The number of carbonyl (C=O) groups excluding carboxylic acids is 1. The second kappa shape index (κ2) is 10.3. The van der Waals surface area contributed by atoms with Gasteiger partial charge >= 0.3 is 0 Å². The van der Waals surface area contributed by atoms with Crippen molar-refractivity contribution in [3.05, 3.63) is 70.4 Å². The number of carbonyl (C=O) groups is 1. The molecule has 0 fully saturated rings. The summed E-state index contributed by atoms with van der Waals surface area (Å²) >= 11 is 6.23. The first kappa shape index (κ1) is 23.3. The molecule has 0 saturated carbocycles. The Morgan fingerprint density at radius 1 is 1.13 bits per heavy atom. The van der Waals surface area contributed by atoms with Gasteiger partial charge in [0, 0.05) is 29.2 Å². The molecule has 1 N–H and O–H groups in total. The highest BCUT2D eigenvalue weighted by molar-refractivity contribution is 6.30. The SMILES string of the molecule is CCN(CC)CCNC(=O)c1nn(-c2ccccc2)c2c1CCc1cc(Cl)ccc1-2.Cl. The Balaban J connectivity index is 0.00000272. The zero-order valence-corrected chi connectivity index (χ0v) is 19.5. The Morgan fingerprint density at radius 2 is 1.87 bits per heavy atom. The van der Waals surface area contributed by atoms with Crippen LogP contribution in [0, 0.1) is 0 Å². The first-order chi connectivity index (χ1) is 14.6. The van der Waals surface area contributed by atoms with Crippen LogP contribution in [0.5, 0.6) is 0 Å². The molecule has 2 aromatic carbocycles. The van der Waals surface area contributed by atoms with E-state index < -0.39 is 0 Å². The molecule has 3 aromatic rings. The number of likely N-dealkylation sites (N-methyl/N-ethyl adjacent to an activating group) is 1. The van der Waals surface area contributed by atoms with Crippen molar-refractivity contribution in [2.75, 3.05) is 26.2 Å². The summed E-state index contributed by atoms with van der Waals surface area (Å²) in [6.07, 6.45) is 1.62. The number of halogens is 2. The van der Waals surface area contributed by atoms with Gasteiger partial charge in [-0.2, -0.15) is 5.10 Å². The molecule has 0 spiro atoms. The molecule has 1 aliphatic rings. The summed E-state index contributed by atoms with van der Waals surface area (Å²) in [4.78, 5) is 15.3. The largest absolute Gasteiger partial charge is 0.349 e. The van der Waals surface area contributed by atoms with Gasteiger partial charge in [-0.3, -0.25) is 4.79 Å². The van der Waals surface area contributed by atoms with E-state index in [4.69, 9.17) is 16.7 Å². The van der Waals surface area contributed by atoms with Gasteiger partial charge in [0.25, 0.3) is 5.91 Å². The number of amides is 1. The lowest BCUT2D eigenvalue weighted by atomic mass is 9.88. The van der Waals surface area contributed by atoms with Crippen LogP contribution in [0.2, 0.25) is 5.02 Å². The fourth-order valence-corrected chi connectivity index (χ4v) is 4.31. The summed E-state index contributed by atoms with van der Waals surface area (Å²) < 4.78 is 1.90. The molecule has 0 unspecified atom stereocenters. The van der Waals surface area contributed by atoms with E-state index in [-0.39, 0.29) is 18.3 Å². The number of nitrogens with zero attached hydrogens (tertiary/aromatic N) is 3. The molecular weight excluding hydrogens is 431 g/mol. The number of para-hydroxylation sites is 1. The Morgan fingerprint density at radius 3 is 2.58 bits per heavy atom. The number of hydrogen-bond donors (Lipinski definition) is 1. The third-order valence-corrected chi connectivity index (χ3v) is 6.01. The highest BCUT2D eigenvalue weighted by Crippen LogP contribution is 2.38. The van der Waals surface area contributed by atoms with Crippen molar-refractivity contribution < 1.29 is 4.79 Å². The molecule has 1 heterocycles. The Labute approximate surface area is 194 Å². The molecule has 5 nitrogen and oxygen atoms in total. The summed E-state index contributed by atoms with van der Waals surface area (Å²) in [5.74, 6) is -0.106. The molecule has 7 heteroatoms. The lowest BCUT2D eigenvalue weighted by Gasteiger charge is -2.19. The van der Waals surface area contributed by atoms with Crippen LogP contribution < -0.4 is 5.32 Å². The van der Waals surface area contributed by atoms with E-state index in [1.165, 1.54) is 5.56 Å². The maximum Gasteiger partial charge on any atom is 0.272 e. The minimum absolute atomic E-state index is 0.